The van der Waals surface area contributed by atoms with E-state index in [-0.39, 0.29) is 24.0 Å². The Morgan fingerprint density at radius 3 is 2.67 bits per heavy atom. The van der Waals surface area contributed by atoms with Gasteiger partial charge in [0, 0.05) is 29.8 Å². The third-order valence-corrected chi connectivity index (χ3v) is 3.12. The Hall–Kier alpha value is -2.15. The molecule has 0 aromatic heterocycles. The first-order chi connectivity index (χ1) is 9.80. The minimum atomic E-state index is -0.588. The fraction of sp³-hybridized carbons (Fsp3) is 0.500. The molecule has 0 radical (unpaired) electrons. The molecular weight excluding hydrogens is 274 g/mol. The smallest absolute Gasteiger partial charge is 0.310 e. The first-order valence-electron chi connectivity index (χ1n) is 6.79. The predicted molar refractivity (Wildman–Crippen MR) is 79.5 cm³/mol. The largest absolute Gasteiger partial charge is 0.485 e. The van der Waals surface area contributed by atoms with Crippen molar-refractivity contribution in [3.8, 4) is 5.75 Å². The Labute approximate surface area is 123 Å². The highest BCUT2D eigenvalue weighted by molar-refractivity contribution is 5.95. The average Bonchev–Trinajstić information content (AvgIpc) is 2.45. The van der Waals surface area contributed by atoms with Crippen LogP contribution in [0.25, 0.3) is 0 Å². The lowest BCUT2D eigenvalue weighted by molar-refractivity contribution is -0.385. The predicted octanol–water partition coefficient (Wildman–Crippen LogP) is 1.85. The molecule has 0 aliphatic rings. The second kappa shape index (κ2) is 7.03. The van der Waals surface area contributed by atoms with E-state index in [0.717, 1.165) is 0 Å². The molecule has 21 heavy (non-hydrogen) atoms. The van der Waals surface area contributed by atoms with Crippen LogP contribution in [0, 0.1) is 10.1 Å². The van der Waals surface area contributed by atoms with E-state index < -0.39 is 10.5 Å². The van der Waals surface area contributed by atoms with Crippen LogP contribution in [-0.4, -0.2) is 29.5 Å². The second-order valence-corrected chi connectivity index (χ2v) is 5.10. The van der Waals surface area contributed by atoms with Gasteiger partial charge in [-0.3, -0.25) is 14.9 Å². The van der Waals surface area contributed by atoms with Gasteiger partial charge in [-0.2, -0.15) is 0 Å². The lowest BCUT2D eigenvalue weighted by Gasteiger charge is -2.22. The zero-order chi connectivity index (χ0) is 16.0. The van der Waals surface area contributed by atoms with Crippen molar-refractivity contribution in [3.63, 3.8) is 0 Å². The van der Waals surface area contributed by atoms with Crippen molar-refractivity contribution < 1.29 is 14.5 Å². The lowest BCUT2D eigenvalue weighted by atomic mass is 10.0. The Balaban J connectivity index is 3.04. The normalized spacial score (nSPS) is 13.3. The van der Waals surface area contributed by atoms with Crippen LogP contribution in [0.15, 0.2) is 18.2 Å². The van der Waals surface area contributed by atoms with E-state index in [0.29, 0.717) is 18.5 Å². The fourth-order valence-corrected chi connectivity index (χ4v) is 1.53. The van der Waals surface area contributed by atoms with Crippen LogP contribution in [0.3, 0.4) is 0 Å². The molecule has 0 aliphatic heterocycles. The first-order valence-corrected chi connectivity index (χ1v) is 6.79. The number of carbonyl (C=O) groups excluding carboxylic acids is 1. The number of rotatable bonds is 7. The standard InChI is InChI=1S/C14H21N3O4/c1-4-14(3,15)9-21-12-8-10(13(18)16-5-2)6-7-11(12)17(19)20/h6-8H,4-5,9,15H2,1-3H3,(H,16,18). The molecule has 3 N–H and O–H groups in total. The second-order valence-electron chi connectivity index (χ2n) is 5.10. The lowest BCUT2D eigenvalue weighted by Crippen LogP contribution is -2.41. The maximum Gasteiger partial charge on any atom is 0.310 e. The molecule has 0 fully saturated rings. The summed E-state index contributed by atoms with van der Waals surface area (Å²) in [4.78, 5) is 22.2. The van der Waals surface area contributed by atoms with Gasteiger partial charge in [0.05, 0.1) is 4.92 Å². The summed E-state index contributed by atoms with van der Waals surface area (Å²) in [6.07, 6.45) is 0.664. The summed E-state index contributed by atoms with van der Waals surface area (Å²) in [5.74, 6) is -0.253. The quantitative estimate of drug-likeness (QED) is 0.589. The number of hydrogen-bond acceptors (Lipinski definition) is 5. The molecule has 0 spiro atoms. The van der Waals surface area contributed by atoms with Gasteiger partial charge in [0.2, 0.25) is 0 Å². The maximum absolute atomic E-state index is 11.8. The molecule has 7 heteroatoms. The zero-order valence-corrected chi connectivity index (χ0v) is 12.5. The Bertz CT molecular complexity index is 529. The number of amides is 1. The molecule has 0 bridgehead atoms. The summed E-state index contributed by atoms with van der Waals surface area (Å²) in [5, 5.41) is 13.6. The van der Waals surface area contributed by atoms with Crippen molar-refractivity contribution >= 4 is 11.6 Å². The number of hydrogen-bond donors (Lipinski definition) is 2. The van der Waals surface area contributed by atoms with Crippen molar-refractivity contribution in [2.45, 2.75) is 32.7 Å². The summed E-state index contributed by atoms with van der Waals surface area (Å²) in [7, 11) is 0. The molecule has 7 nitrogen and oxygen atoms in total. The van der Waals surface area contributed by atoms with Crippen LogP contribution >= 0.6 is 0 Å². The van der Waals surface area contributed by atoms with Crippen molar-refractivity contribution in [3.05, 3.63) is 33.9 Å². The molecular formula is C14H21N3O4. The molecule has 1 amide bonds. The highest BCUT2D eigenvalue weighted by Crippen LogP contribution is 2.28. The van der Waals surface area contributed by atoms with Gasteiger partial charge in [-0.05, 0) is 26.3 Å². The molecule has 0 saturated carbocycles. The van der Waals surface area contributed by atoms with Crippen molar-refractivity contribution in [1.29, 1.82) is 0 Å². The van der Waals surface area contributed by atoms with Crippen LogP contribution in [0.2, 0.25) is 0 Å². The van der Waals surface area contributed by atoms with E-state index in [1.807, 2.05) is 6.92 Å². The van der Waals surface area contributed by atoms with Gasteiger partial charge in [-0.1, -0.05) is 6.92 Å². The fourth-order valence-electron chi connectivity index (χ4n) is 1.53. The molecule has 116 valence electrons. The minimum absolute atomic E-state index is 0.0499. The average molecular weight is 295 g/mol. The SMILES string of the molecule is CCNC(=O)c1ccc([N+](=O)[O-])c(OCC(C)(N)CC)c1. The molecule has 1 aromatic carbocycles. The summed E-state index contributed by atoms with van der Waals surface area (Å²) in [6.45, 7) is 6.10. The van der Waals surface area contributed by atoms with E-state index in [2.05, 4.69) is 5.32 Å². The van der Waals surface area contributed by atoms with Gasteiger partial charge in [0.1, 0.15) is 6.61 Å². The summed E-state index contributed by atoms with van der Waals surface area (Å²) in [6, 6.07) is 4.03. The summed E-state index contributed by atoms with van der Waals surface area (Å²) < 4.78 is 5.48. The number of benzene rings is 1. The molecule has 1 unspecified atom stereocenters. The van der Waals surface area contributed by atoms with Gasteiger partial charge < -0.3 is 15.8 Å². The highest BCUT2D eigenvalue weighted by Gasteiger charge is 2.22. The number of carbonyl (C=O) groups is 1. The van der Waals surface area contributed by atoms with Crippen LogP contribution in [-0.2, 0) is 0 Å². The number of nitrogens with two attached hydrogens (primary N) is 1. The maximum atomic E-state index is 11.8. The Kier molecular flexibility index (Phi) is 5.66. The summed E-state index contributed by atoms with van der Waals surface area (Å²) in [5.41, 5.74) is 5.50. The van der Waals surface area contributed by atoms with Crippen molar-refractivity contribution in [1.82, 2.24) is 5.32 Å². The van der Waals surface area contributed by atoms with Crippen LogP contribution in [0.1, 0.15) is 37.6 Å². The minimum Gasteiger partial charge on any atom is -0.485 e. The van der Waals surface area contributed by atoms with Crippen LogP contribution in [0.4, 0.5) is 5.69 Å². The van der Waals surface area contributed by atoms with Gasteiger partial charge in [-0.25, -0.2) is 0 Å². The van der Waals surface area contributed by atoms with Gasteiger partial charge in [0.15, 0.2) is 5.75 Å². The third kappa shape index (κ3) is 4.71. The van der Waals surface area contributed by atoms with E-state index in [4.69, 9.17) is 10.5 Å². The third-order valence-electron chi connectivity index (χ3n) is 3.12. The van der Waals surface area contributed by atoms with Crippen molar-refractivity contribution in [2.24, 2.45) is 5.73 Å². The van der Waals surface area contributed by atoms with E-state index in [9.17, 15) is 14.9 Å². The molecule has 1 atom stereocenters. The summed E-state index contributed by atoms with van der Waals surface area (Å²) >= 11 is 0. The number of nitro benzene ring substituents is 1. The number of nitro groups is 1. The van der Waals surface area contributed by atoms with Crippen molar-refractivity contribution in [2.75, 3.05) is 13.2 Å². The number of nitrogens with zero attached hydrogens (tertiary/aromatic N) is 1. The number of ether oxygens (including phenoxy) is 1. The number of nitrogens with one attached hydrogen (secondary N) is 1. The van der Waals surface area contributed by atoms with E-state index >= 15 is 0 Å². The van der Waals surface area contributed by atoms with Gasteiger partial charge >= 0.3 is 5.69 Å². The first kappa shape index (κ1) is 16.9. The molecule has 1 rings (SSSR count). The van der Waals surface area contributed by atoms with E-state index in [1.165, 1.54) is 18.2 Å². The Morgan fingerprint density at radius 2 is 2.14 bits per heavy atom. The molecule has 0 aliphatic carbocycles. The van der Waals surface area contributed by atoms with Gasteiger partial charge in [0.25, 0.3) is 5.91 Å². The molecule has 1 aromatic rings. The molecule has 0 saturated heterocycles. The highest BCUT2D eigenvalue weighted by atomic mass is 16.6. The van der Waals surface area contributed by atoms with E-state index in [1.54, 1.807) is 13.8 Å². The van der Waals surface area contributed by atoms with Crippen LogP contribution < -0.4 is 15.8 Å². The van der Waals surface area contributed by atoms with Crippen LogP contribution in [0.5, 0.6) is 5.75 Å². The zero-order valence-electron chi connectivity index (χ0n) is 12.5. The molecule has 0 heterocycles. The monoisotopic (exact) mass is 295 g/mol. The topological polar surface area (TPSA) is 107 Å². The Morgan fingerprint density at radius 1 is 1.48 bits per heavy atom. The van der Waals surface area contributed by atoms with Gasteiger partial charge in [-0.15, -0.1) is 0 Å².